The third-order valence-corrected chi connectivity index (χ3v) is 6.52. The van der Waals surface area contributed by atoms with Crippen molar-refractivity contribution in [3.63, 3.8) is 0 Å². The Morgan fingerprint density at radius 3 is 2.48 bits per heavy atom. The number of halogens is 2. The first kappa shape index (κ1) is 23.6. The molecule has 0 aromatic carbocycles. The SMILES string of the molecule is C[Si](C)=CCCCC1SC2=CC=CC2=C1C1C=CC=C1.[Cl-].[Cl-].[Zr+2]. The van der Waals surface area contributed by atoms with Crippen LogP contribution in [0.25, 0.3) is 0 Å². The number of hydrogen-bond acceptors (Lipinski definition) is 1. The molecule has 3 rings (SSSR count). The predicted molar refractivity (Wildman–Crippen MR) is 94.8 cm³/mol. The van der Waals surface area contributed by atoms with Gasteiger partial charge in [-0.15, -0.1) is 17.4 Å². The predicted octanol–water partition coefficient (Wildman–Crippen LogP) is -1.09. The molecule has 0 saturated heterocycles. The summed E-state index contributed by atoms with van der Waals surface area (Å²) < 4.78 is 0. The minimum absolute atomic E-state index is 0. The summed E-state index contributed by atoms with van der Waals surface area (Å²) in [5, 5.41) is 0.691. The smallest absolute Gasteiger partial charge is 1.00 e. The van der Waals surface area contributed by atoms with Crippen molar-refractivity contribution in [3.8, 4) is 0 Å². The number of unbranched alkanes of at least 4 members (excludes halogenated alkanes) is 1. The summed E-state index contributed by atoms with van der Waals surface area (Å²) in [7, 11) is -0.162. The summed E-state index contributed by atoms with van der Waals surface area (Å²) in [6.07, 6.45) is 19.8. The van der Waals surface area contributed by atoms with Gasteiger partial charge in [-0.1, -0.05) is 49.6 Å². The van der Waals surface area contributed by atoms with Crippen LogP contribution >= 0.6 is 11.8 Å². The Morgan fingerprint density at radius 1 is 1.13 bits per heavy atom. The molecule has 1 aliphatic heterocycles. The Hall–Kier alpha value is 0.600. The molecule has 5 heteroatoms. The number of hydrogen-bond donors (Lipinski definition) is 0. The van der Waals surface area contributed by atoms with Crippen LogP contribution in [0.15, 0.2) is 58.6 Å². The fraction of sp³-hybridized carbons (Fsp3) is 0.389. The minimum atomic E-state index is -0.162. The van der Waals surface area contributed by atoms with Gasteiger partial charge < -0.3 is 24.8 Å². The van der Waals surface area contributed by atoms with Gasteiger partial charge in [-0.2, -0.15) is 0 Å². The maximum Gasteiger partial charge on any atom is 2.00 e. The van der Waals surface area contributed by atoms with E-state index in [0.29, 0.717) is 11.2 Å². The van der Waals surface area contributed by atoms with Crippen LogP contribution in [-0.4, -0.2) is 19.3 Å². The van der Waals surface area contributed by atoms with Crippen LogP contribution in [0.2, 0.25) is 13.1 Å². The monoisotopic (exact) mass is 458 g/mol. The van der Waals surface area contributed by atoms with Gasteiger partial charge in [-0.3, -0.25) is 0 Å². The van der Waals surface area contributed by atoms with E-state index >= 15 is 0 Å². The van der Waals surface area contributed by atoms with Crippen LogP contribution in [0.3, 0.4) is 0 Å². The third-order valence-electron chi connectivity index (χ3n) is 4.03. The van der Waals surface area contributed by atoms with Crippen molar-refractivity contribution in [2.75, 3.05) is 0 Å². The first-order chi connectivity index (χ1) is 9.75. The van der Waals surface area contributed by atoms with Crippen LogP contribution < -0.4 is 24.8 Å². The van der Waals surface area contributed by atoms with Crippen LogP contribution in [0.5, 0.6) is 0 Å². The van der Waals surface area contributed by atoms with Gasteiger partial charge in [0.2, 0.25) is 0 Å². The van der Waals surface area contributed by atoms with Gasteiger partial charge in [-0.05, 0) is 44.9 Å². The molecule has 2 aliphatic carbocycles. The van der Waals surface area contributed by atoms with E-state index in [1.54, 1.807) is 5.57 Å². The molecule has 122 valence electrons. The second-order valence-corrected chi connectivity index (χ2v) is 9.68. The number of thioether (sulfide) groups is 1. The average Bonchev–Trinajstić information content (AvgIpc) is 3.09. The molecule has 0 amide bonds. The molecule has 0 bridgehead atoms. The van der Waals surface area contributed by atoms with Gasteiger partial charge >= 0.3 is 26.2 Å². The summed E-state index contributed by atoms with van der Waals surface area (Å²) >= 11 is 2.09. The normalized spacial score (nSPS) is 20.6. The van der Waals surface area contributed by atoms with E-state index in [1.807, 2.05) is 0 Å². The van der Waals surface area contributed by atoms with Gasteiger partial charge in [0.05, 0.1) is 0 Å². The second kappa shape index (κ2) is 11.3. The fourth-order valence-electron chi connectivity index (χ4n) is 3.08. The zero-order valence-corrected chi connectivity index (χ0v) is 19.3. The van der Waals surface area contributed by atoms with Crippen LogP contribution in [0, 0.1) is 5.92 Å². The Kier molecular flexibility index (Phi) is 11.6. The molecule has 0 fully saturated rings. The molecule has 0 radical (unpaired) electrons. The molecule has 1 atom stereocenters. The van der Waals surface area contributed by atoms with Crippen molar-refractivity contribution >= 4 is 25.8 Å². The average molecular weight is 461 g/mol. The first-order valence-corrected chi connectivity index (χ1v) is 11.0. The van der Waals surface area contributed by atoms with Crippen molar-refractivity contribution in [1.29, 1.82) is 0 Å². The molecule has 1 unspecified atom stereocenters. The Morgan fingerprint density at radius 2 is 1.83 bits per heavy atom. The van der Waals surface area contributed by atoms with Gasteiger partial charge in [0, 0.05) is 16.1 Å². The fourth-order valence-corrected chi connectivity index (χ4v) is 5.33. The van der Waals surface area contributed by atoms with Crippen molar-refractivity contribution < 1.29 is 51.0 Å². The number of rotatable bonds is 5. The standard InChI is InChI=1S/C18H22SSi.2ClH.Zr/c1-20(2)13-6-5-11-17-18(14-8-3-4-9-14)15-10-7-12-16(15)19-17;;;/h3-4,7-10,12-14,17H,5-6,11H2,1-2H3;2*1H;/q;;;+2/p-2. The molecular formula is C18H22Cl2SSiZr. The van der Waals surface area contributed by atoms with E-state index in [-0.39, 0.29) is 59.4 Å². The Balaban J connectivity index is 0.00000161. The Labute approximate surface area is 177 Å². The quantitative estimate of drug-likeness (QED) is 0.371. The van der Waals surface area contributed by atoms with Crippen molar-refractivity contribution in [1.82, 2.24) is 0 Å². The van der Waals surface area contributed by atoms with Crippen molar-refractivity contribution in [2.24, 2.45) is 5.92 Å². The van der Waals surface area contributed by atoms with E-state index in [2.05, 4.69) is 73.1 Å². The number of fused-ring (bicyclic) bond motifs is 1. The van der Waals surface area contributed by atoms with Crippen molar-refractivity contribution in [3.05, 3.63) is 58.6 Å². The first-order valence-electron chi connectivity index (χ1n) is 7.53. The van der Waals surface area contributed by atoms with E-state index in [9.17, 15) is 0 Å². The van der Waals surface area contributed by atoms with Gasteiger partial charge in [0.25, 0.3) is 0 Å². The molecule has 1 heterocycles. The van der Waals surface area contributed by atoms with Gasteiger partial charge in [0.1, 0.15) is 0 Å². The Bertz CT molecular complexity index is 572. The van der Waals surface area contributed by atoms with Gasteiger partial charge in [0.15, 0.2) is 0 Å². The summed E-state index contributed by atoms with van der Waals surface area (Å²) in [5.41, 5.74) is 5.71. The van der Waals surface area contributed by atoms with E-state index in [1.165, 1.54) is 29.7 Å². The van der Waals surface area contributed by atoms with Gasteiger partial charge in [-0.25, -0.2) is 0 Å². The molecule has 0 nitrogen and oxygen atoms in total. The van der Waals surface area contributed by atoms with Crippen LogP contribution in [0.1, 0.15) is 19.3 Å². The topological polar surface area (TPSA) is 0 Å². The summed E-state index contributed by atoms with van der Waals surface area (Å²) in [6.45, 7) is 4.74. The summed E-state index contributed by atoms with van der Waals surface area (Å²) in [6, 6.07) is 0. The minimum Gasteiger partial charge on any atom is -1.00 e. The molecule has 0 N–H and O–H groups in total. The zero-order chi connectivity index (χ0) is 13.9. The molecule has 0 saturated carbocycles. The summed E-state index contributed by atoms with van der Waals surface area (Å²) in [5.74, 6) is 0.539. The second-order valence-electron chi connectivity index (χ2n) is 5.87. The van der Waals surface area contributed by atoms with Crippen molar-refractivity contribution in [2.45, 2.75) is 37.6 Å². The maximum absolute atomic E-state index is 2.55. The van der Waals surface area contributed by atoms with Crippen LogP contribution in [-0.2, 0) is 26.2 Å². The molecule has 23 heavy (non-hydrogen) atoms. The zero-order valence-electron chi connectivity index (χ0n) is 13.6. The molecule has 0 aromatic rings. The molecule has 3 aliphatic rings. The van der Waals surface area contributed by atoms with E-state index < -0.39 is 0 Å². The molecular weight excluding hydrogens is 438 g/mol. The largest absolute Gasteiger partial charge is 2.00 e. The number of allylic oxidation sites excluding steroid dienone is 8. The maximum atomic E-state index is 2.55. The van der Waals surface area contributed by atoms with Crippen LogP contribution in [0.4, 0.5) is 0 Å². The molecule has 0 aromatic heterocycles. The summed E-state index contributed by atoms with van der Waals surface area (Å²) in [4.78, 5) is 1.50. The van der Waals surface area contributed by atoms with E-state index in [4.69, 9.17) is 0 Å². The molecule has 0 spiro atoms. The van der Waals surface area contributed by atoms with E-state index in [0.717, 1.165) is 0 Å². The third kappa shape index (κ3) is 5.82.